The topological polar surface area (TPSA) is 49.8 Å². The van der Waals surface area contributed by atoms with Gasteiger partial charge in [-0.15, -0.1) is 11.3 Å². The Morgan fingerprint density at radius 2 is 2.00 bits per heavy atom. The summed E-state index contributed by atoms with van der Waals surface area (Å²) in [6.07, 6.45) is 0.467. The van der Waals surface area contributed by atoms with E-state index in [1.807, 2.05) is 31.2 Å². The number of aliphatic hydroxyl groups excluding tert-OH is 1. The molecule has 1 aromatic heterocycles. The fourth-order valence-corrected chi connectivity index (χ4v) is 4.26. The number of likely N-dealkylation sites (tertiary alicyclic amines) is 1. The summed E-state index contributed by atoms with van der Waals surface area (Å²) in [6, 6.07) is 16.8. The molecule has 28 heavy (non-hydrogen) atoms. The lowest BCUT2D eigenvalue weighted by Gasteiger charge is -2.36. The van der Waals surface area contributed by atoms with Gasteiger partial charge in [0.25, 0.3) is 0 Å². The number of aliphatic hydroxyl groups is 1. The van der Waals surface area contributed by atoms with Gasteiger partial charge in [0.1, 0.15) is 0 Å². The lowest BCUT2D eigenvalue weighted by atomic mass is 10.0. The fourth-order valence-electron chi connectivity index (χ4n) is 3.49. The first-order chi connectivity index (χ1) is 13.6. The first kappa shape index (κ1) is 19.1. The normalized spacial score (nSPS) is 15.6. The van der Waals surface area contributed by atoms with E-state index in [-0.39, 0.29) is 18.1 Å². The van der Waals surface area contributed by atoms with Crippen molar-refractivity contribution in [3.05, 3.63) is 70.6 Å². The molecule has 0 aliphatic carbocycles. The molecule has 5 heteroatoms. The van der Waals surface area contributed by atoms with Gasteiger partial charge in [-0.05, 0) is 47.4 Å². The molecular formula is C23H25NO3S. The number of benzene rings is 2. The monoisotopic (exact) mass is 395 g/mol. The lowest BCUT2D eigenvalue weighted by molar-refractivity contribution is -0.144. The van der Waals surface area contributed by atoms with E-state index < -0.39 is 0 Å². The van der Waals surface area contributed by atoms with Crippen molar-refractivity contribution in [2.24, 2.45) is 0 Å². The van der Waals surface area contributed by atoms with Crippen LogP contribution < -0.4 is 0 Å². The van der Waals surface area contributed by atoms with Gasteiger partial charge < -0.3 is 14.7 Å². The third-order valence-electron chi connectivity index (χ3n) is 5.25. The molecule has 1 atom stereocenters. The molecule has 0 radical (unpaired) electrons. The maximum Gasteiger partial charge on any atom is 0.225 e. The van der Waals surface area contributed by atoms with Gasteiger partial charge in [-0.1, -0.05) is 42.0 Å². The van der Waals surface area contributed by atoms with Gasteiger partial charge >= 0.3 is 0 Å². The zero-order valence-corrected chi connectivity index (χ0v) is 16.8. The van der Waals surface area contributed by atoms with Crippen molar-refractivity contribution in [1.29, 1.82) is 0 Å². The summed E-state index contributed by atoms with van der Waals surface area (Å²) in [5.41, 5.74) is 3.45. The van der Waals surface area contributed by atoms with E-state index in [9.17, 15) is 9.90 Å². The minimum absolute atomic E-state index is 0.0376. The number of amides is 1. The number of aryl methyl sites for hydroxylation is 1. The van der Waals surface area contributed by atoms with Crippen molar-refractivity contribution < 1.29 is 14.6 Å². The van der Waals surface area contributed by atoms with E-state index in [0.717, 1.165) is 12.0 Å². The largest absolute Gasteiger partial charge is 0.389 e. The number of fused-ring (bicyclic) bond motifs is 1. The van der Waals surface area contributed by atoms with Gasteiger partial charge in [0.05, 0.1) is 25.2 Å². The minimum atomic E-state index is -0.380. The number of ether oxygens (including phenoxy) is 1. The molecule has 1 saturated heterocycles. The Bertz CT molecular complexity index is 944. The molecule has 0 spiro atoms. The molecule has 1 fully saturated rings. The lowest BCUT2D eigenvalue weighted by Crippen LogP contribution is -2.53. The smallest absolute Gasteiger partial charge is 0.225 e. The second-order valence-electron chi connectivity index (χ2n) is 7.47. The summed E-state index contributed by atoms with van der Waals surface area (Å²) in [7, 11) is 0. The van der Waals surface area contributed by atoms with E-state index in [1.165, 1.54) is 21.2 Å². The van der Waals surface area contributed by atoms with Crippen molar-refractivity contribution >= 4 is 27.3 Å². The number of carbonyl (C=O) groups is 1. The number of rotatable bonds is 7. The van der Waals surface area contributed by atoms with Crippen molar-refractivity contribution in [2.75, 3.05) is 19.7 Å². The van der Waals surface area contributed by atoms with Gasteiger partial charge in [-0.3, -0.25) is 4.79 Å². The summed E-state index contributed by atoms with van der Waals surface area (Å²) >= 11 is 1.75. The highest BCUT2D eigenvalue weighted by molar-refractivity contribution is 7.17. The van der Waals surface area contributed by atoms with Crippen LogP contribution in [0.15, 0.2) is 53.9 Å². The number of hydrogen-bond donors (Lipinski definition) is 1. The highest BCUT2D eigenvalue weighted by Gasteiger charge is 2.30. The molecule has 1 N–H and O–H groups in total. The Balaban J connectivity index is 1.40. The summed E-state index contributed by atoms with van der Waals surface area (Å²) in [6.45, 7) is 3.47. The molecule has 1 aliphatic rings. The van der Waals surface area contributed by atoms with Crippen LogP contribution in [0.2, 0.25) is 0 Å². The predicted octanol–water partition coefficient (Wildman–Crippen LogP) is 4.10. The number of thiophene rings is 1. The summed E-state index contributed by atoms with van der Waals surface area (Å²) in [4.78, 5) is 14.2. The number of carbonyl (C=O) groups excluding carboxylic acids is 1. The Morgan fingerprint density at radius 3 is 2.75 bits per heavy atom. The van der Waals surface area contributed by atoms with Crippen LogP contribution in [0, 0.1) is 6.92 Å². The van der Waals surface area contributed by atoms with Crippen LogP contribution in [-0.2, 0) is 16.0 Å². The Kier molecular flexibility index (Phi) is 5.76. The summed E-state index contributed by atoms with van der Waals surface area (Å²) in [5, 5.41) is 12.8. The van der Waals surface area contributed by atoms with Gasteiger partial charge in [0.2, 0.25) is 5.91 Å². The molecule has 146 valence electrons. The Labute approximate surface area is 169 Å². The molecule has 1 amide bonds. The average Bonchev–Trinajstić information content (AvgIpc) is 3.13. The predicted molar refractivity (Wildman–Crippen MR) is 113 cm³/mol. The molecule has 1 unspecified atom stereocenters. The molecule has 1 aliphatic heterocycles. The van der Waals surface area contributed by atoms with E-state index in [2.05, 4.69) is 29.6 Å². The first-order valence-electron chi connectivity index (χ1n) is 9.68. The third-order valence-corrected chi connectivity index (χ3v) is 6.15. The van der Waals surface area contributed by atoms with Crippen LogP contribution in [0.25, 0.3) is 10.1 Å². The maximum absolute atomic E-state index is 12.5. The molecule has 2 heterocycles. The second kappa shape index (κ2) is 8.43. The highest BCUT2D eigenvalue weighted by atomic mass is 32.1. The van der Waals surface area contributed by atoms with Crippen molar-refractivity contribution in [1.82, 2.24) is 4.90 Å². The Hall–Kier alpha value is -2.21. The van der Waals surface area contributed by atoms with E-state index >= 15 is 0 Å². The van der Waals surface area contributed by atoms with Crippen LogP contribution in [0.1, 0.15) is 29.2 Å². The van der Waals surface area contributed by atoms with Gasteiger partial charge in [0, 0.05) is 17.8 Å². The van der Waals surface area contributed by atoms with Gasteiger partial charge in [-0.2, -0.15) is 0 Å². The van der Waals surface area contributed by atoms with Gasteiger partial charge in [0.15, 0.2) is 0 Å². The van der Waals surface area contributed by atoms with Crippen LogP contribution in [0.4, 0.5) is 0 Å². The van der Waals surface area contributed by atoms with Crippen LogP contribution >= 0.6 is 11.3 Å². The van der Waals surface area contributed by atoms with E-state index in [4.69, 9.17) is 4.74 Å². The number of hydrogen-bond acceptors (Lipinski definition) is 4. The molecule has 2 aromatic carbocycles. The van der Waals surface area contributed by atoms with Crippen molar-refractivity contribution in [2.45, 2.75) is 32.0 Å². The summed E-state index contributed by atoms with van der Waals surface area (Å²) in [5.74, 6) is 0.0376. The van der Waals surface area contributed by atoms with Crippen LogP contribution in [0.3, 0.4) is 0 Å². The zero-order chi connectivity index (χ0) is 19.5. The van der Waals surface area contributed by atoms with Gasteiger partial charge in [-0.25, -0.2) is 0 Å². The standard InChI is InChI=1S/C23H25NO3S/c1-16-2-5-18(6-3-16)21(13-23(26)24-14-20(25)15-24)27-10-8-17-4-7-22-19(12-17)9-11-28-22/h2-7,9,11-12,20-21,25H,8,10,13-15H2,1H3. The zero-order valence-electron chi connectivity index (χ0n) is 16.0. The highest BCUT2D eigenvalue weighted by Crippen LogP contribution is 2.26. The van der Waals surface area contributed by atoms with E-state index in [1.54, 1.807) is 16.2 Å². The van der Waals surface area contributed by atoms with Crippen molar-refractivity contribution in [3.8, 4) is 0 Å². The third kappa shape index (κ3) is 4.43. The Morgan fingerprint density at radius 1 is 1.21 bits per heavy atom. The van der Waals surface area contributed by atoms with Crippen LogP contribution in [-0.4, -0.2) is 41.7 Å². The molecular weight excluding hydrogens is 370 g/mol. The van der Waals surface area contributed by atoms with Crippen molar-refractivity contribution in [3.63, 3.8) is 0 Å². The second-order valence-corrected chi connectivity index (χ2v) is 8.42. The fraction of sp³-hybridized carbons (Fsp3) is 0.348. The molecule has 4 rings (SSSR count). The summed E-state index contributed by atoms with van der Waals surface area (Å²) < 4.78 is 7.47. The molecule has 3 aromatic rings. The number of nitrogens with zero attached hydrogens (tertiary/aromatic N) is 1. The quantitative estimate of drug-likeness (QED) is 0.655. The molecule has 4 nitrogen and oxygen atoms in total. The number of β-amino-alcohol motifs (C(OH)–C–C–N with tert-alkyl or cyclic N) is 1. The minimum Gasteiger partial charge on any atom is -0.389 e. The van der Waals surface area contributed by atoms with E-state index in [0.29, 0.717) is 26.1 Å². The maximum atomic E-state index is 12.5. The van der Waals surface area contributed by atoms with Crippen LogP contribution in [0.5, 0.6) is 0 Å². The SMILES string of the molecule is Cc1ccc(C(CC(=O)N2CC(O)C2)OCCc2ccc3sccc3c2)cc1. The first-order valence-corrected chi connectivity index (χ1v) is 10.6. The average molecular weight is 396 g/mol. The molecule has 0 bridgehead atoms. The molecule has 0 saturated carbocycles.